The number of hydrogen-bond acceptors (Lipinski definition) is 4. The third kappa shape index (κ3) is 2.48. The number of furan rings is 1. The highest BCUT2D eigenvalue weighted by Gasteiger charge is 2.67. The minimum Gasteiger partial charge on any atom is -0.455 e. The van der Waals surface area contributed by atoms with Gasteiger partial charge in [-0.05, 0) is 60.8 Å². The van der Waals surface area contributed by atoms with E-state index in [1.807, 2.05) is 31.2 Å². The maximum atomic E-state index is 12.9. The molecule has 2 aromatic rings. The Hall–Kier alpha value is -2.47. The Morgan fingerprint density at radius 2 is 1.76 bits per heavy atom. The van der Waals surface area contributed by atoms with Gasteiger partial charge in [0.2, 0.25) is 0 Å². The molecule has 6 heteroatoms. The molecular formula is C23H19BrN2O3. The molecule has 2 amide bonds. The minimum absolute atomic E-state index is 0.157. The van der Waals surface area contributed by atoms with Crippen LogP contribution in [0.2, 0.25) is 0 Å². The highest BCUT2D eigenvalue weighted by molar-refractivity contribution is 9.10. The van der Waals surface area contributed by atoms with Crippen LogP contribution in [0.5, 0.6) is 0 Å². The number of hydrazone groups is 1. The Bertz CT molecular complexity index is 1080. The van der Waals surface area contributed by atoms with Crippen molar-refractivity contribution in [2.75, 3.05) is 0 Å². The van der Waals surface area contributed by atoms with Crippen molar-refractivity contribution in [3.63, 3.8) is 0 Å². The summed E-state index contributed by atoms with van der Waals surface area (Å²) in [5, 5.41) is 5.31. The zero-order chi connectivity index (χ0) is 19.9. The molecule has 146 valence electrons. The van der Waals surface area contributed by atoms with Gasteiger partial charge in [0.25, 0.3) is 11.8 Å². The zero-order valence-electron chi connectivity index (χ0n) is 15.8. The van der Waals surface area contributed by atoms with Gasteiger partial charge in [0.05, 0.1) is 18.1 Å². The maximum absolute atomic E-state index is 12.9. The Morgan fingerprint density at radius 3 is 2.41 bits per heavy atom. The Labute approximate surface area is 176 Å². The number of benzene rings is 1. The topological polar surface area (TPSA) is 62.9 Å². The third-order valence-electron chi connectivity index (χ3n) is 7.02. The number of hydrogen-bond donors (Lipinski definition) is 0. The number of aryl methyl sites for hydroxylation is 1. The molecule has 0 unspecified atom stereocenters. The van der Waals surface area contributed by atoms with Crippen molar-refractivity contribution in [1.29, 1.82) is 0 Å². The summed E-state index contributed by atoms with van der Waals surface area (Å²) >= 11 is 3.54. The van der Waals surface area contributed by atoms with Gasteiger partial charge in [0.15, 0.2) is 0 Å². The van der Waals surface area contributed by atoms with Gasteiger partial charge in [-0.2, -0.15) is 10.1 Å². The average Bonchev–Trinajstić information content (AvgIpc) is 3.36. The van der Waals surface area contributed by atoms with E-state index in [0.29, 0.717) is 23.4 Å². The summed E-state index contributed by atoms with van der Waals surface area (Å²) in [6.45, 7) is 2.03. The number of rotatable bonds is 3. The molecule has 4 aliphatic carbocycles. The van der Waals surface area contributed by atoms with Crippen LogP contribution >= 0.6 is 15.9 Å². The van der Waals surface area contributed by atoms with Gasteiger partial charge in [0.1, 0.15) is 11.5 Å². The maximum Gasteiger partial charge on any atom is 0.254 e. The van der Waals surface area contributed by atoms with E-state index in [-0.39, 0.29) is 35.5 Å². The molecule has 29 heavy (non-hydrogen) atoms. The van der Waals surface area contributed by atoms with Gasteiger partial charge in [-0.25, -0.2) is 0 Å². The van der Waals surface area contributed by atoms with E-state index in [0.717, 1.165) is 27.0 Å². The van der Waals surface area contributed by atoms with Crippen molar-refractivity contribution in [3.05, 3.63) is 58.3 Å². The Kier molecular flexibility index (Phi) is 3.61. The molecule has 6 atom stereocenters. The van der Waals surface area contributed by atoms with E-state index in [9.17, 15) is 9.59 Å². The quantitative estimate of drug-likeness (QED) is 0.395. The Morgan fingerprint density at radius 1 is 1.07 bits per heavy atom. The van der Waals surface area contributed by atoms with E-state index in [1.165, 1.54) is 6.21 Å². The number of carbonyl (C=O) groups excluding carboxylic acids is 2. The second-order valence-corrected chi connectivity index (χ2v) is 9.41. The molecule has 5 aliphatic rings. The van der Waals surface area contributed by atoms with E-state index < -0.39 is 0 Å². The molecule has 1 aliphatic heterocycles. The number of amides is 2. The lowest BCUT2D eigenvalue weighted by molar-refractivity contribution is -0.140. The SMILES string of the molecule is Cc1ccc(-c2ccc(/C=N\N3C(=O)[C@@H]4[C@H]5C=C[C@@H]([C@@H]6C[C@@H]56)[C@H]4C3=O)o2)cc1Br. The fraction of sp³-hybridized carbons (Fsp3) is 0.348. The third-order valence-corrected chi connectivity index (χ3v) is 7.88. The predicted octanol–water partition coefficient (Wildman–Crippen LogP) is 4.40. The van der Waals surface area contributed by atoms with Gasteiger partial charge in [-0.15, -0.1) is 0 Å². The molecule has 0 N–H and O–H groups in total. The highest BCUT2D eigenvalue weighted by atomic mass is 79.9. The minimum atomic E-state index is -0.226. The van der Waals surface area contributed by atoms with Gasteiger partial charge >= 0.3 is 0 Å². The van der Waals surface area contributed by atoms with Crippen LogP contribution in [0, 0.1) is 42.4 Å². The summed E-state index contributed by atoms with van der Waals surface area (Å²) in [6.07, 6.45) is 6.95. The first kappa shape index (κ1) is 17.4. The van der Waals surface area contributed by atoms with Crippen LogP contribution in [0.4, 0.5) is 0 Å². The van der Waals surface area contributed by atoms with Crippen LogP contribution < -0.4 is 0 Å². The number of imide groups is 1. The lowest BCUT2D eigenvalue weighted by Crippen LogP contribution is -2.40. The lowest BCUT2D eigenvalue weighted by atomic mass is 9.63. The van der Waals surface area contributed by atoms with Crippen LogP contribution in [0.15, 0.2) is 56.5 Å². The molecule has 1 aromatic heterocycles. The fourth-order valence-corrected chi connectivity index (χ4v) is 5.87. The average molecular weight is 451 g/mol. The first-order valence-corrected chi connectivity index (χ1v) is 10.8. The summed E-state index contributed by atoms with van der Waals surface area (Å²) < 4.78 is 6.87. The lowest BCUT2D eigenvalue weighted by Gasteiger charge is -2.37. The van der Waals surface area contributed by atoms with Crippen LogP contribution in [-0.2, 0) is 9.59 Å². The van der Waals surface area contributed by atoms with Crippen LogP contribution in [0.3, 0.4) is 0 Å². The monoisotopic (exact) mass is 450 g/mol. The molecule has 1 aromatic carbocycles. The molecule has 2 saturated carbocycles. The van der Waals surface area contributed by atoms with Crippen molar-refractivity contribution >= 4 is 34.0 Å². The van der Waals surface area contributed by atoms with Gasteiger partial charge in [0, 0.05) is 10.0 Å². The predicted molar refractivity (Wildman–Crippen MR) is 111 cm³/mol. The number of allylic oxidation sites excluding steroid dienone is 2. The van der Waals surface area contributed by atoms with Crippen molar-refractivity contribution in [1.82, 2.24) is 5.01 Å². The van der Waals surface area contributed by atoms with E-state index >= 15 is 0 Å². The molecule has 0 spiro atoms. The molecule has 5 nitrogen and oxygen atoms in total. The highest BCUT2D eigenvalue weighted by Crippen LogP contribution is 2.65. The zero-order valence-corrected chi connectivity index (χ0v) is 17.4. The normalized spacial score (nSPS) is 34.2. The fourth-order valence-electron chi connectivity index (χ4n) is 5.49. The molecular weight excluding hydrogens is 432 g/mol. The summed E-state index contributed by atoms with van der Waals surface area (Å²) in [4.78, 5) is 25.9. The van der Waals surface area contributed by atoms with Crippen LogP contribution in [-0.4, -0.2) is 23.0 Å². The number of halogens is 1. The summed E-state index contributed by atoms with van der Waals surface area (Å²) in [5.41, 5.74) is 2.10. The van der Waals surface area contributed by atoms with E-state index in [1.54, 1.807) is 6.07 Å². The van der Waals surface area contributed by atoms with E-state index in [2.05, 4.69) is 33.2 Å². The van der Waals surface area contributed by atoms with E-state index in [4.69, 9.17) is 4.42 Å². The van der Waals surface area contributed by atoms with Gasteiger partial charge < -0.3 is 4.42 Å². The van der Waals surface area contributed by atoms with Crippen LogP contribution in [0.1, 0.15) is 17.7 Å². The van der Waals surface area contributed by atoms with Crippen molar-refractivity contribution in [3.8, 4) is 11.3 Å². The van der Waals surface area contributed by atoms with Crippen molar-refractivity contribution < 1.29 is 14.0 Å². The number of carbonyl (C=O) groups is 2. The summed E-state index contributed by atoms with van der Waals surface area (Å²) in [6, 6.07) is 9.67. The molecule has 0 radical (unpaired) electrons. The van der Waals surface area contributed by atoms with Gasteiger partial charge in [-0.1, -0.05) is 40.2 Å². The van der Waals surface area contributed by atoms with Gasteiger partial charge in [-0.3, -0.25) is 9.59 Å². The standard InChI is InChI=1S/C23H19BrN2O3/c1-11-2-3-12(8-18(11)24)19-7-4-13(29-19)10-25-26-22(27)20-14-5-6-15(17-9-16(14)17)21(20)23(26)28/h2-8,10,14-17,20-21H,9H2,1H3/b25-10-/t14-,15-,16-,17-,20+,21+/m0/s1. The molecule has 2 heterocycles. The Balaban J connectivity index is 1.24. The first-order valence-electron chi connectivity index (χ1n) is 9.99. The molecule has 7 rings (SSSR count). The molecule has 3 fully saturated rings. The summed E-state index contributed by atoms with van der Waals surface area (Å²) in [7, 11) is 0. The second kappa shape index (κ2) is 6.02. The summed E-state index contributed by atoms with van der Waals surface area (Å²) in [5.74, 6) is 2.06. The molecule has 1 saturated heterocycles. The molecule has 2 bridgehead atoms. The number of nitrogens with zero attached hydrogens (tertiary/aromatic N) is 2. The van der Waals surface area contributed by atoms with Crippen molar-refractivity contribution in [2.24, 2.45) is 40.6 Å². The van der Waals surface area contributed by atoms with Crippen LogP contribution in [0.25, 0.3) is 11.3 Å². The smallest absolute Gasteiger partial charge is 0.254 e. The largest absolute Gasteiger partial charge is 0.455 e. The van der Waals surface area contributed by atoms with Crippen molar-refractivity contribution in [2.45, 2.75) is 13.3 Å². The second-order valence-electron chi connectivity index (χ2n) is 8.55. The first-order chi connectivity index (χ1) is 14.0.